The number of amides is 1. The van der Waals surface area contributed by atoms with E-state index < -0.39 is 5.91 Å². The zero-order valence-corrected chi connectivity index (χ0v) is 11.4. The molecule has 0 aliphatic heterocycles. The Morgan fingerprint density at radius 2 is 2.32 bits per heavy atom. The van der Waals surface area contributed by atoms with Crippen LogP contribution in [-0.2, 0) is 0 Å². The number of anilines is 2. The van der Waals surface area contributed by atoms with Gasteiger partial charge < -0.3 is 16.8 Å². The van der Waals surface area contributed by atoms with Crippen LogP contribution in [0.4, 0.5) is 11.5 Å². The summed E-state index contributed by atoms with van der Waals surface area (Å²) < 4.78 is 0. The van der Waals surface area contributed by atoms with E-state index in [1.807, 2.05) is 0 Å². The molecule has 5 N–H and O–H groups in total. The topological polar surface area (TPSA) is 94.0 Å². The number of primary amides is 1. The fraction of sp³-hybridized carbons (Fsp3) is 0.571. The highest BCUT2D eigenvalue weighted by atomic mass is 16.1. The van der Waals surface area contributed by atoms with Gasteiger partial charge >= 0.3 is 0 Å². The number of carbonyl (C=O) groups excluding carboxylic acids is 1. The number of nitrogens with zero attached hydrogens (tertiary/aromatic N) is 1. The van der Waals surface area contributed by atoms with Crippen LogP contribution in [0.2, 0.25) is 0 Å². The fourth-order valence-corrected chi connectivity index (χ4v) is 2.77. The molecular weight excluding hydrogens is 240 g/mol. The van der Waals surface area contributed by atoms with Gasteiger partial charge in [-0.3, -0.25) is 4.79 Å². The smallest absolute Gasteiger partial charge is 0.250 e. The number of rotatable bonds is 4. The molecule has 104 valence electrons. The highest BCUT2D eigenvalue weighted by Gasteiger charge is 2.18. The van der Waals surface area contributed by atoms with E-state index in [1.165, 1.54) is 31.9 Å². The van der Waals surface area contributed by atoms with Crippen molar-refractivity contribution in [3.8, 4) is 0 Å². The molecule has 1 fully saturated rings. The summed E-state index contributed by atoms with van der Waals surface area (Å²) in [4.78, 5) is 15.4. The molecule has 1 aliphatic carbocycles. The van der Waals surface area contributed by atoms with Gasteiger partial charge in [-0.25, -0.2) is 4.98 Å². The Morgan fingerprint density at radius 3 is 3.00 bits per heavy atom. The molecule has 2 rings (SSSR count). The van der Waals surface area contributed by atoms with Crippen LogP contribution >= 0.6 is 0 Å². The average Bonchev–Trinajstić information content (AvgIpc) is 2.37. The van der Waals surface area contributed by atoms with Crippen LogP contribution in [0.25, 0.3) is 0 Å². The summed E-state index contributed by atoms with van der Waals surface area (Å²) in [6.07, 6.45) is 6.63. The summed E-state index contributed by atoms with van der Waals surface area (Å²) >= 11 is 0. The van der Waals surface area contributed by atoms with Gasteiger partial charge in [-0.05, 0) is 30.7 Å². The first kappa shape index (κ1) is 13.6. The molecule has 1 heterocycles. The number of nitrogens with one attached hydrogen (secondary N) is 1. The van der Waals surface area contributed by atoms with Crippen LogP contribution in [0.1, 0.15) is 43.0 Å². The van der Waals surface area contributed by atoms with Crippen molar-refractivity contribution in [2.45, 2.75) is 32.6 Å². The predicted octanol–water partition coefficient (Wildman–Crippen LogP) is 2.00. The molecular formula is C14H22N4O. The molecule has 5 nitrogen and oxygen atoms in total. The Balaban J connectivity index is 1.96. The van der Waals surface area contributed by atoms with Gasteiger partial charge in [-0.2, -0.15) is 0 Å². The second-order valence-electron chi connectivity index (χ2n) is 5.54. The van der Waals surface area contributed by atoms with Crippen LogP contribution in [-0.4, -0.2) is 17.4 Å². The predicted molar refractivity (Wildman–Crippen MR) is 76.8 cm³/mol. The van der Waals surface area contributed by atoms with Crippen molar-refractivity contribution in [3.63, 3.8) is 0 Å². The first-order valence-electron chi connectivity index (χ1n) is 6.85. The number of pyridine rings is 1. The van der Waals surface area contributed by atoms with E-state index in [4.69, 9.17) is 11.5 Å². The van der Waals surface area contributed by atoms with Gasteiger partial charge in [0.05, 0.1) is 17.4 Å². The Hall–Kier alpha value is -1.78. The first-order chi connectivity index (χ1) is 9.06. The van der Waals surface area contributed by atoms with E-state index in [2.05, 4.69) is 17.2 Å². The maximum Gasteiger partial charge on any atom is 0.250 e. The molecule has 1 amide bonds. The van der Waals surface area contributed by atoms with Crippen LogP contribution in [0, 0.1) is 11.8 Å². The molecule has 1 aromatic heterocycles. The van der Waals surface area contributed by atoms with Crippen LogP contribution in [0.5, 0.6) is 0 Å². The fourth-order valence-electron chi connectivity index (χ4n) is 2.77. The second kappa shape index (κ2) is 5.91. The maximum absolute atomic E-state index is 11.2. The average molecular weight is 262 g/mol. The van der Waals surface area contributed by atoms with Crippen molar-refractivity contribution in [2.75, 3.05) is 17.6 Å². The van der Waals surface area contributed by atoms with Crippen molar-refractivity contribution >= 4 is 17.4 Å². The lowest BCUT2D eigenvalue weighted by Gasteiger charge is -2.27. The lowest BCUT2D eigenvalue weighted by atomic mass is 9.82. The monoisotopic (exact) mass is 262 g/mol. The Kier molecular flexibility index (Phi) is 4.24. The lowest BCUT2D eigenvalue weighted by molar-refractivity contribution is 0.100. The zero-order valence-electron chi connectivity index (χ0n) is 11.4. The highest BCUT2D eigenvalue weighted by Crippen LogP contribution is 2.28. The molecule has 2 unspecified atom stereocenters. The second-order valence-corrected chi connectivity index (χ2v) is 5.54. The molecule has 1 aliphatic rings. The van der Waals surface area contributed by atoms with Crippen LogP contribution in [0.15, 0.2) is 12.3 Å². The number of nitrogens with two attached hydrogens (primary N) is 2. The van der Waals surface area contributed by atoms with E-state index in [-0.39, 0.29) is 0 Å². The maximum atomic E-state index is 11.2. The van der Waals surface area contributed by atoms with E-state index in [0.29, 0.717) is 23.0 Å². The Morgan fingerprint density at radius 1 is 1.53 bits per heavy atom. The number of aromatic nitrogens is 1. The Bertz CT molecular complexity index is 461. The minimum atomic E-state index is -0.519. The van der Waals surface area contributed by atoms with E-state index in [1.54, 1.807) is 6.07 Å². The SMILES string of the molecule is CC1CCCC(CNc2cc(C(N)=O)c(N)cn2)C1. The summed E-state index contributed by atoms with van der Waals surface area (Å²) in [5.74, 6) is 1.64. The van der Waals surface area contributed by atoms with Crippen molar-refractivity contribution in [1.29, 1.82) is 0 Å². The number of nitrogen functional groups attached to an aromatic ring is 1. The van der Waals surface area contributed by atoms with Crippen LogP contribution in [0.3, 0.4) is 0 Å². The third kappa shape index (κ3) is 3.59. The summed E-state index contributed by atoms with van der Waals surface area (Å²) in [5.41, 5.74) is 11.6. The van der Waals surface area contributed by atoms with Crippen molar-refractivity contribution in [1.82, 2.24) is 4.98 Å². The normalized spacial score (nSPS) is 23.0. The van der Waals surface area contributed by atoms with Crippen molar-refractivity contribution in [3.05, 3.63) is 17.8 Å². The van der Waals surface area contributed by atoms with Crippen molar-refractivity contribution in [2.24, 2.45) is 17.6 Å². The third-order valence-corrected chi connectivity index (χ3v) is 3.82. The molecule has 0 bridgehead atoms. The largest absolute Gasteiger partial charge is 0.397 e. The minimum Gasteiger partial charge on any atom is -0.397 e. The molecule has 0 spiro atoms. The molecule has 1 aromatic rings. The molecule has 2 atom stereocenters. The molecule has 1 saturated carbocycles. The molecule has 5 heteroatoms. The van der Waals surface area contributed by atoms with Gasteiger partial charge in [-0.15, -0.1) is 0 Å². The summed E-state index contributed by atoms with van der Waals surface area (Å²) in [6, 6.07) is 1.63. The Labute approximate surface area is 113 Å². The van der Waals surface area contributed by atoms with Gasteiger partial charge in [0.15, 0.2) is 0 Å². The number of hydrogen-bond donors (Lipinski definition) is 3. The third-order valence-electron chi connectivity index (χ3n) is 3.82. The number of carbonyl (C=O) groups is 1. The van der Waals surface area contributed by atoms with E-state index >= 15 is 0 Å². The summed E-state index contributed by atoms with van der Waals surface area (Å²) in [7, 11) is 0. The quantitative estimate of drug-likeness (QED) is 0.773. The van der Waals surface area contributed by atoms with Gasteiger partial charge in [0, 0.05) is 6.54 Å². The molecule has 0 saturated heterocycles. The summed E-state index contributed by atoms with van der Waals surface area (Å²) in [6.45, 7) is 3.19. The minimum absolute atomic E-state index is 0.323. The zero-order chi connectivity index (χ0) is 13.8. The van der Waals surface area contributed by atoms with Gasteiger partial charge in [0.25, 0.3) is 5.91 Å². The van der Waals surface area contributed by atoms with E-state index in [0.717, 1.165) is 12.5 Å². The van der Waals surface area contributed by atoms with Crippen molar-refractivity contribution < 1.29 is 4.79 Å². The lowest BCUT2D eigenvalue weighted by Crippen LogP contribution is -2.22. The van der Waals surface area contributed by atoms with Gasteiger partial charge in [0.1, 0.15) is 5.82 Å². The van der Waals surface area contributed by atoms with Gasteiger partial charge in [0.2, 0.25) is 0 Å². The molecule has 19 heavy (non-hydrogen) atoms. The summed E-state index contributed by atoms with van der Waals surface area (Å²) in [5, 5.41) is 3.28. The standard InChI is InChI=1S/C14H22N4O/c1-9-3-2-4-10(5-9)7-17-13-6-11(14(16)19)12(15)8-18-13/h6,8-10H,2-5,7,15H2,1H3,(H2,16,19)(H,17,18). The highest BCUT2D eigenvalue weighted by molar-refractivity contribution is 5.98. The first-order valence-corrected chi connectivity index (χ1v) is 6.85. The van der Waals surface area contributed by atoms with E-state index in [9.17, 15) is 4.79 Å². The molecule has 0 aromatic carbocycles. The van der Waals surface area contributed by atoms with Crippen LogP contribution < -0.4 is 16.8 Å². The number of hydrogen-bond acceptors (Lipinski definition) is 4. The van der Waals surface area contributed by atoms with Gasteiger partial charge in [-0.1, -0.05) is 19.8 Å². The molecule has 0 radical (unpaired) electrons.